The molecule has 3 nitrogen and oxygen atoms in total. The number of thioether (sulfide) groups is 1. The molecule has 1 saturated heterocycles. The molecule has 1 aliphatic rings. The molecule has 0 aliphatic carbocycles. The van der Waals surface area contributed by atoms with Crippen molar-refractivity contribution in [3.05, 3.63) is 21.9 Å². The lowest BCUT2D eigenvalue weighted by molar-refractivity contribution is 0.264. The van der Waals surface area contributed by atoms with Crippen LogP contribution in [-0.2, 0) is 0 Å². The van der Waals surface area contributed by atoms with Crippen molar-refractivity contribution in [1.82, 2.24) is 14.9 Å². The van der Waals surface area contributed by atoms with E-state index >= 15 is 0 Å². The second kappa shape index (κ2) is 5.04. The standard InChI is InChI=1S/C9H10Cl2FN3S/c1-15-2-3-16-4-5(15)9-13-7(10)6(12)8(11)14-9/h5H,2-4H2,1H3. The van der Waals surface area contributed by atoms with Crippen LogP contribution in [0, 0.1) is 5.82 Å². The minimum Gasteiger partial charge on any atom is -0.295 e. The summed E-state index contributed by atoms with van der Waals surface area (Å²) < 4.78 is 13.2. The van der Waals surface area contributed by atoms with Crippen LogP contribution < -0.4 is 0 Å². The number of halogens is 3. The van der Waals surface area contributed by atoms with Crippen LogP contribution in [0.1, 0.15) is 11.9 Å². The molecule has 16 heavy (non-hydrogen) atoms. The van der Waals surface area contributed by atoms with E-state index in [9.17, 15) is 4.39 Å². The first-order chi connectivity index (χ1) is 7.59. The number of hydrogen-bond acceptors (Lipinski definition) is 4. The van der Waals surface area contributed by atoms with Gasteiger partial charge in [0.25, 0.3) is 0 Å². The molecule has 0 N–H and O–H groups in total. The fraction of sp³-hybridized carbons (Fsp3) is 0.556. The highest BCUT2D eigenvalue weighted by molar-refractivity contribution is 7.99. The van der Waals surface area contributed by atoms with Crippen molar-refractivity contribution in [3.63, 3.8) is 0 Å². The Kier molecular flexibility index (Phi) is 3.89. The second-order valence-electron chi connectivity index (χ2n) is 3.55. The minimum atomic E-state index is -0.752. The highest BCUT2D eigenvalue weighted by Gasteiger charge is 2.25. The Hall–Kier alpha value is -0.100. The molecule has 0 spiro atoms. The second-order valence-corrected chi connectivity index (χ2v) is 5.41. The van der Waals surface area contributed by atoms with E-state index in [1.165, 1.54) is 0 Å². The quantitative estimate of drug-likeness (QED) is 0.740. The van der Waals surface area contributed by atoms with Gasteiger partial charge in [0.15, 0.2) is 16.1 Å². The molecule has 1 unspecified atom stereocenters. The molecular weight excluding hydrogens is 272 g/mol. The van der Waals surface area contributed by atoms with Gasteiger partial charge in [-0.3, -0.25) is 4.90 Å². The molecule has 0 amide bonds. The number of aromatic nitrogens is 2. The molecule has 1 aliphatic heterocycles. The molecule has 1 atom stereocenters. The topological polar surface area (TPSA) is 29.0 Å². The van der Waals surface area contributed by atoms with Crippen LogP contribution in [0.4, 0.5) is 4.39 Å². The normalized spacial score (nSPS) is 22.4. The maximum Gasteiger partial charge on any atom is 0.197 e. The Morgan fingerprint density at radius 1 is 1.38 bits per heavy atom. The summed E-state index contributed by atoms with van der Waals surface area (Å²) in [7, 11) is 1.99. The SMILES string of the molecule is CN1CCSCC1c1nc(Cl)c(F)c(Cl)n1. The predicted octanol–water partition coefficient (Wildman–Crippen LogP) is 2.64. The van der Waals surface area contributed by atoms with Crippen molar-refractivity contribution >= 4 is 35.0 Å². The summed E-state index contributed by atoms with van der Waals surface area (Å²) in [6.45, 7) is 0.950. The van der Waals surface area contributed by atoms with E-state index in [0.29, 0.717) is 5.82 Å². The van der Waals surface area contributed by atoms with Crippen LogP contribution in [0.3, 0.4) is 0 Å². The fourth-order valence-electron chi connectivity index (χ4n) is 1.52. The number of hydrogen-bond donors (Lipinski definition) is 0. The molecular formula is C9H10Cl2FN3S. The third-order valence-electron chi connectivity index (χ3n) is 2.48. The molecule has 0 saturated carbocycles. The maximum atomic E-state index is 13.2. The molecule has 0 bridgehead atoms. The summed E-state index contributed by atoms with van der Waals surface area (Å²) >= 11 is 13.1. The van der Waals surface area contributed by atoms with Gasteiger partial charge >= 0.3 is 0 Å². The van der Waals surface area contributed by atoms with Crippen LogP contribution in [0.25, 0.3) is 0 Å². The zero-order valence-corrected chi connectivity index (χ0v) is 10.9. The van der Waals surface area contributed by atoms with E-state index in [4.69, 9.17) is 23.2 Å². The highest BCUT2D eigenvalue weighted by Crippen LogP contribution is 2.28. The Labute approximate surface area is 107 Å². The summed E-state index contributed by atoms with van der Waals surface area (Å²) in [5, 5.41) is -0.419. The van der Waals surface area contributed by atoms with Crippen molar-refractivity contribution in [3.8, 4) is 0 Å². The van der Waals surface area contributed by atoms with Gasteiger partial charge < -0.3 is 0 Å². The van der Waals surface area contributed by atoms with Gasteiger partial charge in [-0.25, -0.2) is 14.4 Å². The number of rotatable bonds is 1. The van der Waals surface area contributed by atoms with E-state index in [1.54, 1.807) is 0 Å². The van der Waals surface area contributed by atoms with Crippen molar-refractivity contribution in [2.75, 3.05) is 25.1 Å². The van der Waals surface area contributed by atoms with Crippen molar-refractivity contribution in [1.29, 1.82) is 0 Å². The Bertz CT molecular complexity index is 381. The zero-order chi connectivity index (χ0) is 11.7. The predicted molar refractivity (Wildman–Crippen MR) is 64.7 cm³/mol. The van der Waals surface area contributed by atoms with Crippen LogP contribution in [0.2, 0.25) is 10.3 Å². The van der Waals surface area contributed by atoms with E-state index in [0.717, 1.165) is 18.1 Å². The first kappa shape index (κ1) is 12.4. The van der Waals surface area contributed by atoms with Crippen LogP contribution in [0.15, 0.2) is 0 Å². The van der Waals surface area contributed by atoms with Gasteiger partial charge in [-0.15, -0.1) is 0 Å². The molecule has 1 fully saturated rings. The Morgan fingerprint density at radius 2 is 2.00 bits per heavy atom. The largest absolute Gasteiger partial charge is 0.295 e. The molecule has 2 heterocycles. The molecule has 1 aromatic heterocycles. The monoisotopic (exact) mass is 281 g/mol. The minimum absolute atomic E-state index is 0.0503. The van der Waals surface area contributed by atoms with Gasteiger partial charge in [0.1, 0.15) is 5.82 Å². The lowest BCUT2D eigenvalue weighted by Crippen LogP contribution is -2.34. The number of nitrogens with zero attached hydrogens (tertiary/aromatic N) is 3. The third-order valence-corrected chi connectivity index (χ3v) is 4.01. The van der Waals surface area contributed by atoms with Gasteiger partial charge in [-0.1, -0.05) is 23.2 Å². The van der Waals surface area contributed by atoms with Gasteiger partial charge in [0.05, 0.1) is 6.04 Å². The van der Waals surface area contributed by atoms with E-state index in [-0.39, 0.29) is 16.3 Å². The zero-order valence-electron chi connectivity index (χ0n) is 8.58. The Balaban J connectivity index is 2.32. The summed E-state index contributed by atoms with van der Waals surface area (Å²) in [6.07, 6.45) is 0. The van der Waals surface area contributed by atoms with E-state index < -0.39 is 5.82 Å². The van der Waals surface area contributed by atoms with E-state index in [1.807, 2.05) is 18.8 Å². The van der Waals surface area contributed by atoms with Crippen molar-refractivity contribution in [2.24, 2.45) is 0 Å². The van der Waals surface area contributed by atoms with Crippen molar-refractivity contribution in [2.45, 2.75) is 6.04 Å². The fourth-order valence-corrected chi connectivity index (χ4v) is 3.13. The summed E-state index contributed by atoms with van der Waals surface area (Å²) in [6, 6.07) is 0.0503. The van der Waals surface area contributed by atoms with E-state index in [2.05, 4.69) is 14.9 Å². The molecule has 2 rings (SSSR count). The maximum absolute atomic E-state index is 13.2. The lowest BCUT2D eigenvalue weighted by atomic mass is 10.2. The molecule has 0 radical (unpaired) electrons. The lowest BCUT2D eigenvalue weighted by Gasteiger charge is -2.30. The molecule has 0 aromatic carbocycles. The summed E-state index contributed by atoms with van der Waals surface area (Å²) in [5.74, 6) is 1.69. The molecule has 1 aromatic rings. The summed E-state index contributed by atoms with van der Waals surface area (Å²) in [4.78, 5) is 10.0. The van der Waals surface area contributed by atoms with Gasteiger partial charge in [-0.05, 0) is 7.05 Å². The highest BCUT2D eigenvalue weighted by atomic mass is 35.5. The van der Waals surface area contributed by atoms with Gasteiger partial charge in [0.2, 0.25) is 0 Å². The average Bonchev–Trinajstić information content (AvgIpc) is 2.26. The first-order valence-electron chi connectivity index (χ1n) is 4.76. The van der Waals surface area contributed by atoms with Crippen LogP contribution in [-0.4, -0.2) is 40.0 Å². The molecule has 88 valence electrons. The average molecular weight is 282 g/mol. The molecule has 7 heteroatoms. The third kappa shape index (κ3) is 2.42. The Morgan fingerprint density at radius 3 is 2.56 bits per heavy atom. The van der Waals surface area contributed by atoms with Gasteiger partial charge in [-0.2, -0.15) is 11.8 Å². The van der Waals surface area contributed by atoms with Crippen molar-refractivity contribution < 1.29 is 4.39 Å². The summed E-state index contributed by atoms with van der Waals surface area (Å²) in [5.41, 5.74) is 0. The smallest absolute Gasteiger partial charge is 0.197 e. The van der Waals surface area contributed by atoms with Gasteiger partial charge in [0, 0.05) is 18.1 Å². The van der Waals surface area contributed by atoms with Crippen LogP contribution in [0.5, 0.6) is 0 Å². The first-order valence-corrected chi connectivity index (χ1v) is 6.67. The van der Waals surface area contributed by atoms with Crippen LogP contribution >= 0.6 is 35.0 Å².